The average Bonchev–Trinajstić information content (AvgIpc) is 2.90. The highest BCUT2D eigenvalue weighted by Crippen LogP contribution is 2.26. The number of nitrogens with zero attached hydrogens (tertiary/aromatic N) is 2. The smallest absolute Gasteiger partial charge is 0.264 e. The molecule has 0 aliphatic rings. The van der Waals surface area contributed by atoms with E-state index in [-0.39, 0.29) is 17.3 Å². The number of anilines is 1. The lowest BCUT2D eigenvalue weighted by Crippen LogP contribution is -2.51. The van der Waals surface area contributed by atoms with Crippen molar-refractivity contribution in [3.05, 3.63) is 89.5 Å². The maximum atomic E-state index is 13.8. The molecule has 202 valence electrons. The van der Waals surface area contributed by atoms with Gasteiger partial charge in [-0.05, 0) is 69.7 Å². The monoisotopic (exact) mass is 537 g/mol. The number of hydrogen-bond acceptors (Lipinski definition) is 5. The summed E-state index contributed by atoms with van der Waals surface area (Å²) in [5.74, 6) is -0.293. The van der Waals surface area contributed by atoms with Gasteiger partial charge in [0.25, 0.3) is 10.0 Å². The zero-order valence-corrected chi connectivity index (χ0v) is 23.3. The van der Waals surface area contributed by atoms with Gasteiger partial charge in [0.1, 0.15) is 18.3 Å². The molecule has 0 aromatic heterocycles. The van der Waals surface area contributed by atoms with Gasteiger partial charge in [0.15, 0.2) is 0 Å². The van der Waals surface area contributed by atoms with E-state index in [4.69, 9.17) is 4.74 Å². The molecule has 3 aromatic carbocycles. The zero-order chi connectivity index (χ0) is 27.9. The molecule has 3 aromatic rings. The van der Waals surface area contributed by atoms with Crippen LogP contribution in [0.15, 0.2) is 77.7 Å². The number of rotatable bonds is 11. The van der Waals surface area contributed by atoms with Crippen LogP contribution in [-0.4, -0.2) is 51.4 Å². The van der Waals surface area contributed by atoms with Crippen molar-refractivity contribution in [2.24, 2.45) is 0 Å². The number of methoxy groups -OCH3 is 1. The van der Waals surface area contributed by atoms with Gasteiger partial charge >= 0.3 is 0 Å². The number of carbonyl (C=O) groups excluding carboxylic acids is 2. The van der Waals surface area contributed by atoms with Crippen molar-refractivity contribution in [2.45, 2.75) is 45.2 Å². The van der Waals surface area contributed by atoms with Crippen molar-refractivity contribution >= 4 is 27.5 Å². The Morgan fingerprint density at radius 3 is 2.18 bits per heavy atom. The molecule has 38 heavy (non-hydrogen) atoms. The number of benzene rings is 3. The number of aryl methyl sites for hydroxylation is 2. The van der Waals surface area contributed by atoms with E-state index in [1.54, 1.807) is 50.2 Å². The van der Waals surface area contributed by atoms with Crippen LogP contribution in [0.2, 0.25) is 0 Å². The average molecular weight is 538 g/mol. The predicted octanol–water partition coefficient (Wildman–Crippen LogP) is 4.06. The maximum Gasteiger partial charge on any atom is 0.264 e. The van der Waals surface area contributed by atoms with Crippen LogP contribution in [0, 0.1) is 13.8 Å². The van der Waals surface area contributed by atoms with Crippen LogP contribution in [0.25, 0.3) is 0 Å². The summed E-state index contributed by atoms with van der Waals surface area (Å²) in [4.78, 5) is 28.0. The molecule has 1 N–H and O–H groups in total. The molecule has 0 heterocycles. The van der Waals surface area contributed by atoms with Gasteiger partial charge < -0.3 is 15.0 Å². The summed E-state index contributed by atoms with van der Waals surface area (Å²) in [5, 5.41) is 2.76. The Balaban J connectivity index is 2.02. The van der Waals surface area contributed by atoms with Gasteiger partial charge in [-0.3, -0.25) is 13.9 Å². The lowest BCUT2D eigenvalue weighted by molar-refractivity contribution is -0.139. The van der Waals surface area contributed by atoms with Crippen molar-refractivity contribution in [2.75, 3.05) is 24.5 Å². The molecule has 0 unspecified atom stereocenters. The fraction of sp³-hybridized carbons (Fsp3) is 0.310. The first-order valence-electron chi connectivity index (χ1n) is 12.4. The van der Waals surface area contributed by atoms with Crippen molar-refractivity contribution in [3.63, 3.8) is 0 Å². The SMILES string of the molecule is CCNC(=O)[C@H](C)N(Cc1cccc(C)c1)C(=O)CN(c1ccc(C)cc1)S(=O)(=O)c1ccc(OC)cc1. The number of likely N-dealkylation sites (N-methyl/N-ethyl adjacent to an activating group) is 1. The van der Waals surface area contributed by atoms with Crippen LogP contribution in [0.5, 0.6) is 5.75 Å². The van der Waals surface area contributed by atoms with E-state index in [1.165, 1.54) is 24.1 Å². The van der Waals surface area contributed by atoms with Crippen molar-refractivity contribution in [1.29, 1.82) is 0 Å². The summed E-state index contributed by atoms with van der Waals surface area (Å²) in [6.07, 6.45) is 0. The number of amides is 2. The maximum absolute atomic E-state index is 13.8. The van der Waals surface area contributed by atoms with Crippen LogP contribution in [0.1, 0.15) is 30.5 Å². The third kappa shape index (κ3) is 6.92. The Hall–Kier alpha value is -3.85. The van der Waals surface area contributed by atoms with Gasteiger partial charge in [-0.25, -0.2) is 8.42 Å². The minimum Gasteiger partial charge on any atom is -0.497 e. The van der Waals surface area contributed by atoms with Crippen molar-refractivity contribution < 1.29 is 22.7 Å². The summed E-state index contributed by atoms with van der Waals surface area (Å²) >= 11 is 0. The van der Waals surface area contributed by atoms with Crippen LogP contribution < -0.4 is 14.4 Å². The second-order valence-corrected chi connectivity index (χ2v) is 11.0. The first kappa shape index (κ1) is 28.7. The lowest BCUT2D eigenvalue weighted by Gasteiger charge is -2.32. The van der Waals surface area contributed by atoms with Crippen LogP contribution >= 0.6 is 0 Å². The first-order valence-corrected chi connectivity index (χ1v) is 13.9. The molecule has 1 atom stereocenters. The quantitative estimate of drug-likeness (QED) is 0.398. The molecular weight excluding hydrogens is 502 g/mol. The number of carbonyl (C=O) groups is 2. The molecular formula is C29H35N3O5S. The van der Waals surface area contributed by atoms with Gasteiger partial charge in [-0.15, -0.1) is 0 Å². The molecule has 0 bridgehead atoms. The molecule has 0 fully saturated rings. The third-order valence-corrected chi connectivity index (χ3v) is 7.99. The van der Waals surface area contributed by atoms with E-state index in [0.29, 0.717) is 18.0 Å². The van der Waals surface area contributed by atoms with Gasteiger partial charge in [-0.1, -0.05) is 47.5 Å². The Bertz CT molecular complexity index is 1360. The van der Waals surface area contributed by atoms with Gasteiger partial charge in [0.05, 0.1) is 17.7 Å². The minimum absolute atomic E-state index is 0.0219. The van der Waals surface area contributed by atoms with E-state index in [2.05, 4.69) is 5.32 Å². The number of nitrogens with one attached hydrogen (secondary N) is 1. The molecule has 0 aliphatic carbocycles. The Morgan fingerprint density at radius 2 is 1.61 bits per heavy atom. The van der Waals surface area contributed by atoms with Gasteiger partial charge in [-0.2, -0.15) is 0 Å². The van der Waals surface area contributed by atoms with E-state index in [0.717, 1.165) is 21.0 Å². The minimum atomic E-state index is -4.13. The topological polar surface area (TPSA) is 96.0 Å². The predicted molar refractivity (Wildman–Crippen MR) is 149 cm³/mol. The van der Waals surface area contributed by atoms with E-state index in [9.17, 15) is 18.0 Å². The summed E-state index contributed by atoms with van der Waals surface area (Å²) in [7, 11) is -2.63. The highest BCUT2D eigenvalue weighted by Gasteiger charge is 2.32. The molecule has 0 saturated heterocycles. The fourth-order valence-corrected chi connectivity index (χ4v) is 5.44. The second-order valence-electron chi connectivity index (χ2n) is 9.10. The molecule has 0 aliphatic heterocycles. The molecule has 8 nitrogen and oxygen atoms in total. The van der Waals surface area contributed by atoms with Gasteiger partial charge in [0, 0.05) is 13.1 Å². The van der Waals surface area contributed by atoms with Crippen LogP contribution in [0.3, 0.4) is 0 Å². The summed E-state index contributed by atoms with van der Waals surface area (Å²) < 4.78 is 33.9. The van der Waals surface area contributed by atoms with Crippen molar-refractivity contribution in [1.82, 2.24) is 10.2 Å². The van der Waals surface area contributed by atoms with Crippen LogP contribution in [-0.2, 0) is 26.2 Å². The highest BCUT2D eigenvalue weighted by molar-refractivity contribution is 7.92. The third-order valence-electron chi connectivity index (χ3n) is 6.20. The molecule has 2 amide bonds. The number of hydrogen-bond donors (Lipinski definition) is 1. The molecule has 0 radical (unpaired) electrons. The molecule has 9 heteroatoms. The number of ether oxygens (including phenoxy) is 1. The summed E-state index contributed by atoms with van der Waals surface area (Å²) in [6.45, 7) is 7.39. The normalized spacial score (nSPS) is 11.9. The summed E-state index contributed by atoms with van der Waals surface area (Å²) in [5.41, 5.74) is 3.16. The first-order chi connectivity index (χ1) is 18.1. The largest absolute Gasteiger partial charge is 0.497 e. The summed E-state index contributed by atoms with van der Waals surface area (Å²) in [6, 6.07) is 19.8. The molecule has 0 spiro atoms. The lowest BCUT2D eigenvalue weighted by atomic mass is 10.1. The van der Waals surface area contributed by atoms with E-state index < -0.39 is 28.5 Å². The van der Waals surface area contributed by atoms with Crippen LogP contribution in [0.4, 0.5) is 5.69 Å². The van der Waals surface area contributed by atoms with E-state index >= 15 is 0 Å². The standard InChI is InChI=1S/C29H35N3O5S/c1-6-30-29(34)23(4)31(19-24-9-7-8-22(3)18-24)28(33)20-32(25-12-10-21(2)11-13-25)38(35,36)27-16-14-26(37-5)15-17-27/h7-18,23H,6,19-20H2,1-5H3,(H,30,34)/t23-/m0/s1. The molecule has 0 saturated carbocycles. The zero-order valence-electron chi connectivity index (χ0n) is 22.5. The van der Waals surface area contributed by atoms with Gasteiger partial charge in [0.2, 0.25) is 11.8 Å². The fourth-order valence-electron chi connectivity index (χ4n) is 4.03. The Kier molecular flexibility index (Phi) is 9.52. The second kappa shape index (κ2) is 12.6. The Morgan fingerprint density at radius 1 is 0.947 bits per heavy atom. The highest BCUT2D eigenvalue weighted by atomic mass is 32.2. The Labute approximate surface area is 225 Å². The molecule has 3 rings (SSSR count). The van der Waals surface area contributed by atoms with Crippen molar-refractivity contribution in [3.8, 4) is 5.75 Å². The van der Waals surface area contributed by atoms with E-state index in [1.807, 2.05) is 38.1 Å². The number of sulfonamides is 1.